The normalized spacial score (nSPS) is 12.5. The molecule has 0 saturated heterocycles. The molecule has 2 aromatic rings. The lowest BCUT2D eigenvalue weighted by Gasteiger charge is -2.21. The van der Waals surface area contributed by atoms with E-state index in [0.717, 1.165) is 0 Å². The summed E-state index contributed by atoms with van der Waals surface area (Å²) in [5.41, 5.74) is 0.610. The fourth-order valence-electron chi connectivity index (χ4n) is 1.92. The van der Waals surface area contributed by atoms with Crippen molar-refractivity contribution in [1.82, 2.24) is 13.7 Å². The molecule has 110 valence electrons. The number of imidazole rings is 1. The molecule has 20 heavy (non-hydrogen) atoms. The standard InChI is InChI=1S/C13H20N4O2S/c1-5-14-12-13(20(18,19)16(4)10(2)3)17-9-7-6-8-11(17)15-12/h6-10,14H,5H2,1-4H3. The monoisotopic (exact) mass is 296 g/mol. The first-order valence-electron chi connectivity index (χ1n) is 6.58. The fourth-order valence-corrected chi connectivity index (χ4v) is 3.51. The van der Waals surface area contributed by atoms with Crippen molar-refractivity contribution in [2.75, 3.05) is 18.9 Å². The largest absolute Gasteiger partial charge is 0.368 e. The van der Waals surface area contributed by atoms with Crippen LogP contribution in [0.15, 0.2) is 29.4 Å². The van der Waals surface area contributed by atoms with Gasteiger partial charge in [-0.05, 0) is 32.9 Å². The Morgan fingerprint density at radius 3 is 2.70 bits per heavy atom. The molecule has 2 rings (SSSR count). The fraction of sp³-hybridized carbons (Fsp3) is 0.462. The molecule has 0 aliphatic heterocycles. The number of nitrogens with zero attached hydrogens (tertiary/aromatic N) is 3. The van der Waals surface area contributed by atoms with Crippen LogP contribution in [-0.4, -0.2) is 41.7 Å². The molecule has 0 saturated carbocycles. The molecule has 1 N–H and O–H groups in total. The molecule has 0 amide bonds. The first-order valence-corrected chi connectivity index (χ1v) is 8.02. The summed E-state index contributed by atoms with van der Waals surface area (Å²) < 4.78 is 28.5. The zero-order valence-corrected chi connectivity index (χ0v) is 13.0. The quantitative estimate of drug-likeness (QED) is 0.913. The van der Waals surface area contributed by atoms with Gasteiger partial charge in [0.15, 0.2) is 10.8 Å². The smallest absolute Gasteiger partial charge is 0.262 e. The number of hydrogen-bond donors (Lipinski definition) is 1. The van der Waals surface area contributed by atoms with Crippen LogP contribution in [0.25, 0.3) is 5.65 Å². The molecule has 2 heterocycles. The molecule has 0 bridgehead atoms. The molecule has 0 atom stereocenters. The summed E-state index contributed by atoms with van der Waals surface area (Å²) in [5, 5.41) is 3.21. The summed E-state index contributed by atoms with van der Waals surface area (Å²) in [4.78, 5) is 4.36. The lowest BCUT2D eigenvalue weighted by Crippen LogP contribution is -2.34. The van der Waals surface area contributed by atoms with Gasteiger partial charge in [0.05, 0.1) is 0 Å². The number of nitrogens with one attached hydrogen (secondary N) is 1. The second kappa shape index (κ2) is 5.41. The highest BCUT2D eigenvalue weighted by Gasteiger charge is 2.30. The summed E-state index contributed by atoms with van der Waals surface area (Å²) >= 11 is 0. The Morgan fingerprint density at radius 1 is 1.40 bits per heavy atom. The third-order valence-corrected chi connectivity index (χ3v) is 5.24. The minimum absolute atomic E-state index is 0.122. The van der Waals surface area contributed by atoms with Crippen molar-refractivity contribution < 1.29 is 8.42 Å². The lowest BCUT2D eigenvalue weighted by molar-refractivity contribution is 0.408. The van der Waals surface area contributed by atoms with Gasteiger partial charge in [-0.15, -0.1) is 0 Å². The highest BCUT2D eigenvalue weighted by molar-refractivity contribution is 7.89. The summed E-state index contributed by atoms with van der Waals surface area (Å²) in [5.74, 6) is 0.395. The number of aromatic nitrogens is 2. The van der Waals surface area contributed by atoms with E-state index in [1.54, 1.807) is 29.8 Å². The lowest BCUT2D eigenvalue weighted by atomic mass is 10.4. The van der Waals surface area contributed by atoms with Gasteiger partial charge in [0.2, 0.25) is 0 Å². The number of fused-ring (bicyclic) bond motifs is 1. The Bertz CT molecular complexity index is 706. The Hall–Kier alpha value is -1.60. The predicted octanol–water partition coefficient (Wildman–Crippen LogP) is 1.79. The molecule has 0 unspecified atom stereocenters. The summed E-state index contributed by atoms with van der Waals surface area (Å²) in [7, 11) is -2.02. The van der Waals surface area contributed by atoms with Gasteiger partial charge in [0, 0.05) is 25.8 Å². The summed E-state index contributed by atoms with van der Waals surface area (Å²) in [6.45, 7) is 6.20. The van der Waals surface area contributed by atoms with E-state index >= 15 is 0 Å². The van der Waals surface area contributed by atoms with E-state index in [-0.39, 0.29) is 11.1 Å². The third-order valence-electron chi connectivity index (χ3n) is 3.18. The number of pyridine rings is 1. The van der Waals surface area contributed by atoms with E-state index in [4.69, 9.17) is 0 Å². The van der Waals surface area contributed by atoms with Crippen LogP contribution in [0.4, 0.5) is 5.82 Å². The Balaban J connectivity index is 2.71. The van der Waals surface area contributed by atoms with Crippen LogP contribution in [0.1, 0.15) is 20.8 Å². The Morgan fingerprint density at radius 2 is 2.10 bits per heavy atom. The minimum atomic E-state index is -3.60. The topological polar surface area (TPSA) is 66.7 Å². The molecular weight excluding hydrogens is 276 g/mol. The van der Waals surface area contributed by atoms with Gasteiger partial charge < -0.3 is 5.32 Å². The number of rotatable bonds is 5. The maximum absolute atomic E-state index is 12.8. The maximum Gasteiger partial charge on any atom is 0.262 e. The van der Waals surface area contributed by atoms with E-state index in [1.807, 2.05) is 26.8 Å². The summed E-state index contributed by atoms with van der Waals surface area (Å²) in [6, 6.07) is 5.29. The third kappa shape index (κ3) is 2.38. The number of sulfonamides is 1. The molecule has 0 aromatic carbocycles. The van der Waals surface area contributed by atoms with Gasteiger partial charge in [0.25, 0.3) is 10.0 Å². The van der Waals surface area contributed by atoms with Gasteiger partial charge in [-0.1, -0.05) is 6.07 Å². The molecule has 0 fully saturated rings. The molecule has 2 aromatic heterocycles. The molecule has 0 radical (unpaired) electrons. The van der Waals surface area contributed by atoms with Gasteiger partial charge in [-0.2, -0.15) is 4.31 Å². The van der Waals surface area contributed by atoms with Gasteiger partial charge in [-0.25, -0.2) is 13.4 Å². The molecule has 0 spiro atoms. The minimum Gasteiger partial charge on any atom is -0.368 e. The highest BCUT2D eigenvalue weighted by atomic mass is 32.2. The van der Waals surface area contributed by atoms with Crippen LogP contribution in [0.3, 0.4) is 0 Å². The Labute approximate surface area is 119 Å². The van der Waals surface area contributed by atoms with Crippen LogP contribution in [0.2, 0.25) is 0 Å². The average molecular weight is 296 g/mol. The molecule has 7 heteroatoms. The van der Waals surface area contributed by atoms with Crippen LogP contribution in [0, 0.1) is 0 Å². The zero-order chi connectivity index (χ0) is 14.9. The van der Waals surface area contributed by atoms with Gasteiger partial charge >= 0.3 is 0 Å². The molecule has 0 aliphatic carbocycles. The van der Waals surface area contributed by atoms with Crippen molar-refractivity contribution in [3.05, 3.63) is 24.4 Å². The van der Waals surface area contributed by atoms with Crippen LogP contribution >= 0.6 is 0 Å². The first kappa shape index (κ1) is 14.8. The second-order valence-corrected chi connectivity index (χ2v) is 6.75. The van der Waals surface area contributed by atoms with E-state index in [9.17, 15) is 8.42 Å². The molecular formula is C13H20N4O2S. The average Bonchev–Trinajstić information content (AvgIpc) is 2.76. The second-order valence-electron chi connectivity index (χ2n) is 4.84. The SMILES string of the molecule is CCNc1nc2ccccn2c1S(=O)(=O)N(C)C(C)C. The van der Waals surface area contributed by atoms with Crippen molar-refractivity contribution in [2.45, 2.75) is 31.8 Å². The number of anilines is 1. The predicted molar refractivity (Wildman–Crippen MR) is 79.4 cm³/mol. The van der Waals surface area contributed by atoms with E-state index in [2.05, 4.69) is 10.3 Å². The number of hydrogen-bond acceptors (Lipinski definition) is 4. The van der Waals surface area contributed by atoms with Crippen LogP contribution in [-0.2, 0) is 10.0 Å². The van der Waals surface area contributed by atoms with E-state index < -0.39 is 10.0 Å². The Kier molecular flexibility index (Phi) is 4.01. The maximum atomic E-state index is 12.8. The van der Waals surface area contributed by atoms with E-state index in [0.29, 0.717) is 18.0 Å². The zero-order valence-electron chi connectivity index (χ0n) is 12.2. The van der Waals surface area contributed by atoms with Crippen LogP contribution < -0.4 is 5.32 Å². The van der Waals surface area contributed by atoms with E-state index in [1.165, 1.54) is 4.31 Å². The first-order chi connectivity index (χ1) is 9.39. The highest BCUT2D eigenvalue weighted by Crippen LogP contribution is 2.26. The van der Waals surface area contributed by atoms with Crippen molar-refractivity contribution in [1.29, 1.82) is 0 Å². The van der Waals surface area contributed by atoms with Gasteiger partial charge in [0.1, 0.15) is 5.65 Å². The van der Waals surface area contributed by atoms with Crippen molar-refractivity contribution in [3.63, 3.8) is 0 Å². The van der Waals surface area contributed by atoms with Gasteiger partial charge in [-0.3, -0.25) is 4.40 Å². The van der Waals surface area contributed by atoms with Crippen LogP contribution in [0.5, 0.6) is 0 Å². The van der Waals surface area contributed by atoms with Crippen molar-refractivity contribution >= 4 is 21.5 Å². The van der Waals surface area contributed by atoms with Crippen molar-refractivity contribution in [2.24, 2.45) is 0 Å². The molecule has 0 aliphatic rings. The van der Waals surface area contributed by atoms with Crippen molar-refractivity contribution in [3.8, 4) is 0 Å². The summed E-state index contributed by atoms with van der Waals surface area (Å²) in [6.07, 6.45) is 1.71. The molecule has 6 nitrogen and oxygen atoms in total.